The molecule has 112 valence electrons. The first-order valence-corrected chi connectivity index (χ1v) is 8.80. The third-order valence-electron chi connectivity index (χ3n) is 3.44. The SMILES string of the molecule is CCCC1(c2cccc(S(=O)(=O)CCC)c2)OCCO1. The van der Waals surface area contributed by atoms with Crippen molar-refractivity contribution < 1.29 is 17.9 Å². The Labute approximate surface area is 121 Å². The first-order valence-electron chi connectivity index (χ1n) is 7.15. The lowest BCUT2D eigenvalue weighted by Crippen LogP contribution is -2.27. The van der Waals surface area contributed by atoms with Crippen molar-refractivity contribution in [2.45, 2.75) is 43.8 Å². The van der Waals surface area contributed by atoms with E-state index in [9.17, 15) is 8.42 Å². The number of rotatable bonds is 6. The van der Waals surface area contributed by atoms with E-state index < -0.39 is 15.6 Å². The molecule has 0 unspecified atom stereocenters. The minimum atomic E-state index is -3.22. The normalized spacial score (nSPS) is 18.3. The van der Waals surface area contributed by atoms with E-state index in [1.165, 1.54) is 0 Å². The molecule has 1 aliphatic rings. The minimum absolute atomic E-state index is 0.166. The monoisotopic (exact) mass is 298 g/mol. The van der Waals surface area contributed by atoms with Crippen molar-refractivity contribution >= 4 is 9.84 Å². The molecule has 0 radical (unpaired) electrons. The van der Waals surface area contributed by atoms with Gasteiger partial charge in [-0.05, 0) is 18.6 Å². The van der Waals surface area contributed by atoms with Gasteiger partial charge in [0.15, 0.2) is 15.6 Å². The number of hydrogen-bond acceptors (Lipinski definition) is 4. The average molecular weight is 298 g/mol. The molecule has 1 aromatic rings. The summed E-state index contributed by atoms with van der Waals surface area (Å²) in [5.41, 5.74) is 0.800. The molecule has 0 amide bonds. The van der Waals surface area contributed by atoms with Crippen LogP contribution >= 0.6 is 0 Å². The van der Waals surface area contributed by atoms with Crippen LogP contribution in [0.25, 0.3) is 0 Å². The molecule has 0 aromatic heterocycles. The molecule has 4 nitrogen and oxygen atoms in total. The number of ether oxygens (including phenoxy) is 2. The third-order valence-corrected chi connectivity index (χ3v) is 5.36. The molecule has 1 aromatic carbocycles. The first kappa shape index (κ1) is 15.5. The zero-order valence-electron chi connectivity index (χ0n) is 12.1. The Balaban J connectivity index is 2.38. The van der Waals surface area contributed by atoms with Crippen LogP contribution in [0.1, 0.15) is 38.7 Å². The Bertz CT molecular complexity index is 545. The highest BCUT2D eigenvalue weighted by molar-refractivity contribution is 7.91. The van der Waals surface area contributed by atoms with E-state index in [0.29, 0.717) is 24.5 Å². The predicted molar refractivity (Wildman–Crippen MR) is 77.3 cm³/mol. The maximum Gasteiger partial charge on any atom is 0.195 e. The zero-order valence-corrected chi connectivity index (χ0v) is 12.9. The van der Waals surface area contributed by atoms with Gasteiger partial charge in [-0.25, -0.2) is 8.42 Å². The fourth-order valence-corrected chi connectivity index (χ4v) is 3.92. The van der Waals surface area contributed by atoms with Crippen molar-refractivity contribution in [3.05, 3.63) is 29.8 Å². The molecule has 0 spiro atoms. The summed E-state index contributed by atoms with van der Waals surface area (Å²) in [5, 5.41) is 0. The Morgan fingerprint density at radius 3 is 2.45 bits per heavy atom. The van der Waals surface area contributed by atoms with Crippen molar-refractivity contribution in [1.82, 2.24) is 0 Å². The van der Waals surface area contributed by atoms with Crippen LogP contribution in [0.15, 0.2) is 29.2 Å². The van der Waals surface area contributed by atoms with Gasteiger partial charge in [-0.3, -0.25) is 0 Å². The Hall–Kier alpha value is -0.910. The van der Waals surface area contributed by atoms with Crippen LogP contribution in [-0.2, 0) is 25.1 Å². The highest BCUT2D eigenvalue weighted by atomic mass is 32.2. The number of benzene rings is 1. The van der Waals surface area contributed by atoms with E-state index in [0.717, 1.165) is 18.4 Å². The van der Waals surface area contributed by atoms with E-state index in [-0.39, 0.29) is 5.75 Å². The summed E-state index contributed by atoms with van der Waals surface area (Å²) in [7, 11) is -3.22. The predicted octanol–water partition coefficient (Wildman–Crippen LogP) is 2.87. The van der Waals surface area contributed by atoms with Crippen molar-refractivity contribution in [1.29, 1.82) is 0 Å². The lowest BCUT2D eigenvalue weighted by atomic mass is 10.0. The molecule has 0 aliphatic carbocycles. The van der Waals surface area contributed by atoms with Crippen LogP contribution in [-0.4, -0.2) is 27.4 Å². The lowest BCUT2D eigenvalue weighted by molar-refractivity contribution is -0.171. The Morgan fingerprint density at radius 2 is 1.85 bits per heavy atom. The van der Waals surface area contributed by atoms with Crippen molar-refractivity contribution in [3.8, 4) is 0 Å². The maximum atomic E-state index is 12.2. The highest BCUT2D eigenvalue weighted by Crippen LogP contribution is 2.36. The maximum absolute atomic E-state index is 12.2. The van der Waals surface area contributed by atoms with Crippen LogP contribution in [0.2, 0.25) is 0 Å². The second-order valence-electron chi connectivity index (χ2n) is 5.05. The fourth-order valence-electron chi connectivity index (χ4n) is 2.55. The average Bonchev–Trinajstić information content (AvgIpc) is 2.89. The minimum Gasteiger partial charge on any atom is -0.343 e. The van der Waals surface area contributed by atoms with Gasteiger partial charge >= 0.3 is 0 Å². The van der Waals surface area contributed by atoms with Crippen LogP contribution in [0.3, 0.4) is 0 Å². The van der Waals surface area contributed by atoms with Gasteiger partial charge in [0.1, 0.15) is 0 Å². The second kappa shape index (κ2) is 6.24. The molecule has 20 heavy (non-hydrogen) atoms. The van der Waals surface area contributed by atoms with Crippen molar-refractivity contribution in [2.75, 3.05) is 19.0 Å². The molecule has 1 heterocycles. The Morgan fingerprint density at radius 1 is 1.15 bits per heavy atom. The molecular formula is C15H22O4S. The van der Waals surface area contributed by atoms with E-state index >= 15 is 0 Å². The first-order chi connectivity index (χ1) is 9.54. The summed E-state index contributed by atoms with van der Waals surface area (Å²) in [6.45, 7) is 5.02. The van der Waals surface area contributed by atoms with E-state index in [2.05, 4.69) is 6.92 Å². The van der Waals surface area contributed by atoms with Gasteiger partial charge in [-0.1, -0.05) is 32.4 Å². The van der Waals surface area contributed by atoms with Gasteiger partial charge in [-0.15, -0.1) is 0 Å². The molecule has 2 rings (SSSR count). The van der Waals surface area contributed by atoms with Crippen molar-refractivity contribution in [2.24, 2.45) is 0 Å². The van der Waals surface area contributed by atoms with Crippen molar-refractivity contribution in [3.63, 3.8) is 0 Å². The number of hydrogen-bond donors (Lipinski definition) is 0. The molecule has 1 aliphatic heterocycles. The lowest BCUT2D eigenvalue weighted by Gasteiger charge is -2.27. The molecular weight excluding hydrogens is 276 g/mol. The largest absolute Gasteiger partial charge is 0.343 e. The van der Waals surface area contributed by atoms with Crippen LogP contribution in [0.4, 0.5) is 0 Å². The van der Waals surface area contributed by atoms with Gasteiger partial charge in [0, 0.05) is 12.0 Å². The third kappa shape index (κ3) is 3.05. The molecule has 5 heteroatoms. The standard InChI is InChI=1S/C15H22O4S/c1-3-8-15(18-9-10-19-15)13-6-5-7-14(12-13)20(16,17)11-4-2/h5-7,12H,3-4,8-11H2,1-2H3. The summed E-state index contributed by atoms with van der Waals surface area (Å²) >= 11 is 0. The quantitative estimate of drug-likeness (QED) is 0.810. The highest BCUT2D eigenvalue weighted by Gasteiger charge is 2.38. The van der Waals surface area contributed by atoms with Crippen LogP contribution in [0.5, 0.6) is 0 Å². The van der Waals surface area contributed by atoms with Crippen LogP contribution < -0.4 is 0 Å². The zero-order chi connectivity index (χ0) is 14.6. The molecule has 0 saturated carbocycles. The van der Waals surface area contributed by atoms with Gasteiger partial charge in [0.2, 0.25) is 0 Å². The van der Waals surface area contributed by atoms with Crippen LogP contribution in [0, 0.1) is 0 Å². The molecule has 0 bridgehead atoms. The summed E-state index contributed by atoms with van der Waals surface area (Å²) in [5.74, 6) is -0.606. The molecule has 1 saturated heterocycles. The molecule has 0 atom stereocenters. The second-order valence-corrected chi connectivity index (χ2v) is 7.16. The summed E-state index contributed by atoms with van der Waals surface area (Å²) in [4.78, 5) is 0.353. The van der Waals surface area contributed by atoms with Gasteiger partial charge in [0.25, 0.3) is 0 Å². The topological polar surface area (TPSA) is 52.6 Å². The van der Waals surface area contributed by atoms with E-state index in [4.69, 9.17) is 9.47 Å². The summed E-state index contributed by atoms with van der Waals surface area (Å²) < 4.78 is 35.9. The fraction of sp³-hybridized carbons (Fsp3) is 0.600. The van der Waals surface area contributed by atoms with Gasteiger partial charge < -0.3 is 9.47 Å². The molecule has 1 fully saturated rings. The number of sulfone groups is 1. The van der Waals surface area contributed by atoms with Gasteiger partial charge in [0.05, 0.1) is 23.9 Å². The smallest absolute Gasteiger partial charge is 0.195 e. The molecule has 0 N–H and O–H groups in total. The van der Waals surface area contributed by atoms with E-state index in [1.807, 2.05) is 13.0 Å². The summed E-state index contributed by atoms with van der Waals surface area (Å²) in [6, 6.07) is 6.99. The Kier molecular flexibility index (Phi) is 4.83. The van der Waals surface area contributed by atoms with E-state index in [1.54, 1.807) is 18.2 Å². The summed E-state index contributed by atoms with van der Waals surface area (Å²) in [6.07, 6.45) is 2.25. The van der Waals surface area contributed by atoms with Gasteiger partial charge in [-0.2, -0.15) is 0 Å².